The van der Waals surface area contributed by atoms with Crippen molar-refractivity contribution < 1.29 is 4.79 Å². The predicted molar refractivity (Wildman–Crippen MR) is 117 cm³/mol. The van der Waals surface area contributed by atoms with E-state index in [9.17, 15) is 9.59 Å². The lowest BCUT2D eigenvalue weighted by molar-refractivity contribution is 0.0747. The molecule has 5 rings (SSSR count). The third-order valence-electron chi connectivity index (χ3n) is 5.67. The van der Waals surface area contributed by atoms with Gasteiger partial charge in [-0.2, -0.15) is 0 Å². The zero-order valence-corrected chi connectivity index (χ0v) is 18.1. The van der Waals surface area contributed by atoms with E-state index in [2.05, 4.69) is 4.98 Å². The number of carbonyl (C=O) groups excluding carboxylic acids is 1. The van der Waals surface area contributed by atoms with Crippen molar-refractivity contribution in [2.45, 2.75) is 39.3 Å². The summed E-state index contributed by atoms with van der Waals surface area (Å²) < 4.78 is 2.86. The Kier molecular flexibility index (Phi) is 4.29. The first-order chi connectivity index (χ1) is 14.0. The number of thiazole rings is 1. The number of amides is 1. The van der Waals surface area contributed by atoms with Gasteiger partial charge in [-0.1, -0.05) is 12.1 Å². The minimum absolute atomic E-state index is 0.0165. The van der Waals surface area contributed by atoms with Crippen LogP contribution in [0.5, 0.6) is 0 Å². The van der Waals surface area contributed by atoms with Crippen molar-refractivity contribution >= 4 is 49.0 Å². The number of nitrogens with zero attached hydrogens (tertiary/aromatic N) is 4. The average molecular weight is 425 g/mol. The standard InChI is InChI=1S/C21H20N4O2S2/c1-11-16-19(23-15-9-6-10-25(15)20(16)26)29-17(11)21(27)24(3)12(2)18-22-13-7-4-5-8-14(13)28-18/h4-5,7-8,12H,6,9-10H2,1-3H3. The van der Waals surface area contributed by atoms with E-state index >= 15 is 0 Å². The molecule has 4 aromatic rings. The molecule has 0 aliphatic carbocycles. The van der Waals surface area contributed by atoms with Crippen molar-refractivity contribution in [3.63, 3.8) is 0 Å². The van der Waals surface area contributed by atoms with Gasteiger partial charge in [-0.25, -0.2) is 9.97 Å². The zero-order valence-electron chi connectivity index (χ0n) is 16.4. The Bertz CT molecular complexity index is 1300. The summed E-state index contributed by atoms with van der Waals surface area (Å²) in [6.45, 7) is 4.55. The normalized spacial score (nSPS) is 14.4. The van der Waals surface area contributed by atoms with Crippen molar-refractivity contribution in [2.75, 3.05) is 7.05 Å². The molecule has 1 amide bonds. The summed E-state index contributed by atoms with van der Waals surface area (Å²) in [5, 5.41) is 1.49. The number of benzene rings is 1. The molecule has 0 bridgehead atoms. The van der Waals surface area contributed by atoms with Crippen LogP contribution >= 0.6 is 22.7 Å². The minimum atomic E-state index is -0.163. The Labute approximate surface area is 175 Å². The van der Waals surface area contributed by atoms with Crippen LogP contribution in [0.15, 0.2) is 29.1 Å². The Hall–Kier alpha value is -2.58. The summed E-state index contributed by atoms with van der Waals surface area (Å²) in [7, 11) is 1.79. The molecule has 4 heterocycles. The van der Waals surface area contributed by atoms with Crippen LogP contribution in [-0.4, -0.2) is 32.4 Å². The quantitative estimate of drug-likeness (QED) is 0.495. The van der Waals surface area contributed by atoms with Gasteiger partial charge in [0.05, 0.1) is 26.5 Å². The van der Waals surface area contributed by atoms with E-state index in [-0.39, 0.29) is 17.5 Å². The SMILES string of the molecule is Cc1c(C(=O)N(C)C(C)c2nc3ccccc3s2)sc2nc3n(c(=O)c12)CCC3. The van der Waals surface area contributed by atoms with Gasteiger partial charge in [0.25, 0.3) is 11.5 Å². The molecule has 0 N–H and O–H groups in total. The van der Waals surface area contributed by atoms with E-state index in [1.165, 1.54) is 11.3 Å². The second-order valence-electron chi connectivity index (χ2n) is 7.44. The lowest BCUT2D eigenvalue weighted by Crippen LogP contribution is -2.29. The Morgan fingerprint density at radius 3 is 2.83 bits per heavy atom. The summed E-state index contributed by atoms with van der Waals surface area (Å²) in [6, 6.07) is 7.82. The highest BCUT2D eigenvalue weighted by Crippen LogP contribution is 2.33. The fraction of sp³-hybridized carbons (Fsp3) is 0.333. The number of carbonyl (C=O) groups is 1. The number of para-hydroxylation sites is 1. The average Bonchev–Trinajstić information content (AvgIpc) is 3.43. The third kappa shape index (κ3) is 2.81. The van der Waals surface area contributed by atoms with Crippen molar-refractivity contribution in [1.82, 2.24) is 19.4 Å². The van der Waals surface area contributed by atoms with Gasteiger partial charge >= 0.3 is 0 Å². The Morgan fingerprint density at radius 2 is 2.03 bits per heavy atom. The van der Waals surface area contributed by atoms with Crippen LogP contribution < -0.4 is 5.56 Å². The monoisotopic (exact) mass is 424 g/mol. The van der Waals surface area contributed by atoms with Gasteiger partial charge in [0.2, 0.25) is 0 Å². The van der Waals surface area contributed by atoms with Crippen LogP contribution in [0.25, 0.3) is 20.4 Å². The number of thiophene rings is 1. The predicted octanol–water partition coefficient (Wildman–Crippen LogP) is 4.16. The van der Waals surface area contributed by atoms with Crippen molar-refractivity contribution in [2.24, 2.45) is 0 Å². The Balaban J connectivity index is 1.52. The molecule has 0 fully saturated rings. The molecule has 1 unspecified atom stereocenters. The van der Waals surface area contributed by atoms with Gasteiger partial charge in [0, 0.05) is 20.0 Å². The molecule has 0 spiro atoms. The van der Waals surface area contributed by atoms with Gasteiger partial charge < -0.3 is 4.90 Å². The first kappa shape index (κ1) is 18.4. The molecule has 0 saturated carbocycles. The molecule has 0 saturated heterocycles. The maximum Gasteiger partial charge on any atom is 0.264 e. The van der Waals surface area contributed by atoms with E-state index in [1.807, 2.05) is 38.1 Å². The van der Waals surface area contributed by atoms with Crippen LogP contribution in [0, 0.1) is 6.92 Å². The van der Waals surface area contributed by atoms with Gasteiger partial charge in [-0.15, -0.1) is 22.7 Å². The van der Waals surface area contributed by atoms with Gasteiger partial charge in [-0.05, 0) is 38.0 Å². The molecule has 8 heteroatoms. The molecule has 3 aromatic heterocycles. The third-order valence-corrected chi connectivity index (χ3v) is 8.06. The first-order valence-corrected chi connectivity index (χ1v) is 11.2. The van der Waals surface area contributed by atoms with Crippen molar-refractivity contribution in [3.8, 4) is 0 Å². The second-order valence-corrected chi connectivity index (χ2v) is 9.50. The van der Waals surface area contributed by atoms with E-state index < -0.39 is 0 Å². The number of hydrogen-bond acceptors (Lipinski definition) is 6. The molecule has 6 nitrogen and oxygen atoms in total. The lowest BCUT2D eigenvalue weighted by Gasteiger charge is -2.23. The smallest absolute Gasteiger partial charge is 0.264 e. The van der Waals surface area contributed by atoms with Gasteiger partial charge in [0.1, 0.15) is 15.7 Å². The fourth-order valence-corrected chi connectivity index (χ4v) is 6.09. The largest absolute Gasteiger partial charge is 0.332 e. The molecular formula is C21H20N4O2S2. The van der Waals surface area contributed by atoms with Crippen LogP contribution in [-0.2, 0) is 13.0 Å². The van der Waals surface area contributed by atoms with Crippen LogP contribution in [0.1, 0.15) is 45.5 Å². The highest BCUT2D eigenvalue weighted by Gasteiger charge is 2.27. The molecule has 148 valence electrons. The number of aryl methyl sites for hydroxylation is 2. The first-order valence-electron chi connectivity index (χ1n) is 9.61. The molecule has 29 heavy (non-hydrogen) atoms. The highest BCUT2D eigenvalue weighted by molar-refractivity contribution is 7.20. The lowest BCUT2D eigenvalue weighted by atomic mass is 10.2. The van der Waals surface area contributed by atoms with Gasteiger partial charge in [0.15, 0.2) is 0 Å². The summed E-state index contributed by atoms with van der Waals surface area (Å²) in [4.78, 5) is 38.5. The number of aromatic nitrogens is 3. The maximum absolute atomic E-state index is 13.3. The number of hydrogen-bond donors (Lipinski definition) is 0. The summed E-state index contributed by atoms with van der Waals surface area (Å²) in [6.07, 6.45) is 1.77. The summed E-state index contributed by atoms with van der Waals surface area (Å²) >= 11 is 2.93. The van der Waals surface area contributed by atoms with E-state index in [0.29, 0.717) is 21.6 Å². The molecule has 1 aromatic carbocycles. The van der Waals surface area contributed by atoms with E-state index in [1.54, 1.807) is 27.9 Å². The second kappa shape index (κ2) is 6.74. The fourth-order valence-electron chi connectivity index (χ4n) is 3.85. The van der Waals surface area contributed by atoms with Crippen LogP contribution in [0.3, 0.4) is 0 Å². The molecule has 1 aliphatic heterocycles. The summed E-state index contributed by atoms with van der Waals surface area (Å²) in [5.41, 5.74) is 1.67. The van der Waals surface area contributed by atoms with Crippen LogP contribution in [0.4, 0.5) is 0 Å². The molecule has 1 aliphatic rings. The number of fused-ring (bicyclic) bond motifs is 3. The van der Waals surface area contributed by atoms with Crippen molar-refractivity contribution in [3.05, 3.63) is 55.9 Å². The number of rotatable bonds is 3. The molecular weight excluding hydrogens is 404 g/mol. The maximum atomic E-state index is 13.3. The zero-order chi connectivity index (χ0) is 20.3. The van der Waals surface area contributed by atoms with Crippen LogP contribution in [0.2, 0.25) is 0 Å². The minimum Gasteiger partial charge on any atom is -0.332 e. The molecule has 1 atom stereocenters. The Morgan fingerprint density at radius 1 is 1.24 bits per heavy atom. The van der Waals surface area contributed by atoms with E-state index in [4.69, 9.17) is 4.98 Å². The molecule has 0 radical (unpaired) electrons. The van der Waals surface area contributed by atoms with Gasteiger partial charge in [-0.3, -0.25) is 14.2 Å². The van der Waals surface area contributed by atoms with Crippen molar-refractivity contribution in [1.29, 1.82) is 0 Å². The topological polar surface area (TPSA) is 68.1 Å². The highest BCUT2D eigenvalue weighted by atomic mass is 32.1. The van der Waals surface area contributed by atoms with E-state index in [0.717, 1.165) is 39.5 Å². The summed E-state index contributed by atoms with van der Waals surface area (Å²) in [5.74, 6) is 0.737.